The van der Waals surface area contributed by atoms with E-state index >= 15 is 0 Å². The standard InChI is InChI=1S/C20H31N3OS/c1-4-12-24-19-8-6-18(7-9-19)22-20(25)21-10-5-11-23-14-16(2)13-17(3)15-23/h4,6-9,16-17H,1,5,10-15H2,2-3H3,(H2,21,22,25)/t16-,17-/m1/s1. The maximum absolute atomic E-state index is 5.47. The van der Waals surface area contributed by atoms with E-state index in [-0.39, 0.29) is 0 Å². The number of nitrogens with zero attached hydrogens (tertiary/aromatic N) is 1. The Balaban J connectivity index is 1.62. The first-order chi connectivity index (χ1) is 12.1. The second-order valence-corrected chi connectivity index (χ2v) is 7.47. The summed E-state index contributed by atoms with van der Waals surface area (Å²) in [5.41, 5.74) is 0.960. The summed E-state index contributed by atoms with van der Waals surface area (Å²) in [4.78, 5) is 2.58. The molecule has 0 aromatic heterocycles. The molecule has 1 aliphatic heterocycles. The molecule has 0 unspecified atom stereocenters. The van der Waals surface area contributed by atoms with Crippen molar-refractivity contribution < 1.29 is 4.74 Å². The van der Waals surface area contributed by atoms with E-state index < -0.39 is 0 Å². The third kappa shape index (κ3) is 7.45. The highest BCUT2D eigenvalue weighted by atomic mass is 32.1. The van der Waals surface area contributed by atoms with E-state index in [9.17, 15) is 0 Å². The van der Waals surface area contributed by atoms with Gasteiger partial charge in [0.25, 0.3) is 0 Å². The molecule has 1 aromatic carbocycles. The Labute approximate surface area is 157 Å². The van der Waals surface area contributed by atoms with Crippen LogP contribution in [0.3, 0.4) is 0 Å². The summed E-state index contributed by atoms with van der Waals surface area (Å²) < 4.78 is 5.47. The number of piperidine rings is 1. The van der Waals surface area contributed by atoms with Gasteiger partial charge in [-0.1, -0.05) is 26.5 Å². The van der Waals surface area contributed by atoms with Crippen molar-refractivity contribution in [1.29, 1.82) is 0 Å². The third-order valence-corrected chi connectivity index (χ3v) is 4.61. The highest BCUT2D eigenvalue weighted by Crippen LogP contribution is 2.20. The van der Waals surface area contributed by atoms with Gasteiger partial charge in [0.15, 0.2) is 5.11 Å². The lowest BCUT2D eigenvalue weighted by molar-refractivity contribution is 0.140. The van der Waals surface area contributed by atoms with Crippen LogP contribution in [0, 0.1) is 11.8 Å². The largest absolute Gasteiger partial charge is 0.490 e. The van der Waals surface area contributed by atoms with Gasteiger partial charge in [-0.2, -0.15) is 0 Å². The van der Waals surface area contributed by atoms with E-state index in [0.717, 1.165) is 42.8 Å². The number of nitrogens with one attached hydrogen (secondary N) is 2. The van der Waals surface area contributed by atoms with Crippen LogP contribution < -0.4 is 15.4 Å². The van der Waals surface area contributed by atoms with Crippen molar-refractivity contribution in [2.24, 2.45) is 11.8 Å². The van der Waals surface area contributed by atoms with Crippen molar-refractivity contribution in [1.82, 2.24) is 10.2 Å². The minimum Gasteiger partial charge on any atom is -0.490 e. The van der Waals surface area contributed by atoms with Crippen LogP contribution in [0.15, 0.2) is 36.9 Å². The molecule has 0 amide bonds. The zero-order chi connectivity index (χ0) is 18.1. The molecule has 0 radical (unpaired) electrons. The molecule has 2 N–H and O–H groups in total. The molecule has 0 saturated carbocycles. The molecule has 2 atom stereocenters. The van der Waals surface area contributed by atoms with Crippen LogP contribution in [0.4, 0.5) is 5.69 Å². The molecule has 1 heterocycles. The Kier molecular flexibility index (Phi) is 8.22. The van der Waals surface area contributed by atoms with Crippen molar-refractivity contribution in [3.63, 3.8) is 0 Å². The summed E-state index contributed by atoms with van der Waals surface area (Å²) in [5.74, 6) is 2.46. The van der Waals surface area contributed by atoms with Gasteiger partial charge in [0.1, 0.15) is 12.4 Å². The molecule has 2 rings (SSSR count). The number of rotatable bonds is 8. The number of anilines is 1. The second-order valence-electron chi connectivity index (χ2n) is 7.06. The van der Waals surface area contributed by atoms with Crippen LogP contribution in [0.5, 0.6) is 5.75 Å². The number of thiocarbonyl (C=S) groups is 1. The van der Waals surface area contributed by atoms with E-state index in [1.807, 2.05) is 24.3 Å². The molecule has 25 heavy (non-hydrogen) atoms. The van der Waals surface area contributed by atoms with Gasteiger partial charge in [-0.25, -0.2) is 0 Å². The van der Waals surface area contributed by atoms with Gasteiger partial charge >= 0.3 is 0 Å². The topological polar surface area (TPSA) is 36.5 Å². The normalized spacial score (nSPS) is 20.7. The second kappa shape index (κ2) is 10.4. The summed E-state index contributed by atoms with van der Waals surface area (Å²) in [6.45, 7) is 13.4. The molecule has 1 fully saturated rings. The summed E-state index contributed by atoms with van der Waals surface area (Å²) in [7, 11) is 0. The SMILES string of the molecule is C=CCOc1ccc(NC(=S)NCCCN2C[C@H](C)C[C@@H](C)C2)cc1. The number of hydrogen-bond donors (Lipinski definition) is 2. The van der Waals surface area contributed by atoms with E-state index in [4.69, 9.17) is 17.0 Å². The summed E-state index contributed by atoms with van der Waals surface area (Å²) in [5, 5.41) is 7.17. The van der Waals surface area contributed by atoms with E-state index in [1.54, 1.807) is 6.08 Å². The van der Waals surface area contributed by atoms with Gasteiger partial charge in [-0.15, -0.1) is 0 Å². The molecular formula is C20H31N3OS. The molecule has 138 valence electrons. The lowest BCUT2D eigenvalue weighted by Gasteiger charge is -2.34. The Morgan fingerprint density at radius 1 is 1.28 bits per heavy atom. The summed E-state index contributed by atoms with van der Waals surface area (Å²) in [6, 6.07) is 7.77. The smallest absolute Gasteiger partial charge is 0.170 e. The molecular weight excluding hydrogens is 330 g/mol. The lowest BCUT2D eigenvalue weighted by Crippen LogP contribution is -2.40. The first kappa shape index (κ1) is 19.7. The van der Waals surface area contributed by atoms with Gasteiger partial charge in [0, 0.05) is 25.3 Å². The van der Waals surface area contributed by atoms with Crippen LogP contribution in [0.25, 0.3) is 0 Å². The summed E-state index contributed by atoms with van der Waals surface area (Å²) in [6.07, 6.45) is 4.20. The van der Waals surface area contributed by atoms with Crippen molar-refractivity contribution in [2.75, 3.05) is 38.1 Å². The third-order valence-electron chi connectivity index (χ3n) is 4.36. The van der Waals surface area contributed by atoms with Crippen LogP contribution >= 0.6 is 12.2 Å². The van der Waals surface area contributed by atoms with E-state index in [2.05, 4.69) is 36.0 Å². The van der Waals surface area contributed by atoms with Crippen LogP contribution in [0.2, 0.25) is 0 Å². The quantitative estimate of drug-likeness (QED) is 0.417. The molecule has 1 aromatic rings. The highest BCUT2D eigenvalue weighted by molar-refractivity contribution is 7.80. The average Bonchev–Trinajstić information content (AvgIpc) is 2.57. The molecule has 4 nitrogen and oxygen atoms in total. The van der Waals surface area contributed by atoms with E-state index in [1.165, 1.54) is 19.5 Å². The predicted octanol–water partition coefficient (Wildman–Crippen LogP) is 3.91. The first-order valence-electron chi connectivity index (χ1n) is 9.17. The molecule has 1 saturated heterocycles. The maximum Gasteiger partial charge on any atom is 0.170 e. The number of ether oxygens (including phenoxy) is 1. The minimum absolute atomic E-state index is 0.515. The van der Waals surface area contributed by atoms with Gasteiger partial charge in [-0.3, -0.25) is 0 Å². The van der Waals surface area contributed by atoms with Crippen molar-refractivity contribution in [3.8, 4) is 5.75 Å². The number of hydrogen-bond acceptors (Lipinski definition) is 3. The fraction of sp³-hybridized carbons (Fsp3) is 0.550. The number of likely N-dealkylation sites (tertiary alicyclic amines) is 1. The van der Waals surface area contributed by atoms with Gasteiger partial charge in [0.05, 0.1) is 0 Å². The van der Waals surface area contributed by atoms with Crippen molar-refractivity contribution >= 4 is 23.0 Å². The van der Waals surface area contributed by atoms with E-state index in [0.29, 0.717) is 11.7 Å². The van der Waals surface area contributed by atoms with Gasteiger partial charge in [0.2, 0.25) is 0 Å². The van der Waals surface area contributed by atoms with Crippen molar-refractivity contribution in [2.45, 2.75) is 26.7 Å². The minimum atomic E-state index is 0.515. The average molecular weight is 362 g/mol. The maximum atomic E-state index is 5.47. The monoisotopic (exact) mass is 361 g/mol. The Morgan fingerprint density at radius 2 is 1.96 bits per heavy atom. The molecule has 0 spiro atoms. The Morgan fingerprint density at radius 3 is 2.60 bits per heavy atom. The Bertz CT molecular complexity index is 536. The fourth-order valence-corrected chi connectivity index (χ4v) is 3.66. The van der Waals surface area contributed by atoms with Crippen LogP contribution in [-0.2, 0) is 0 Å². The zero-order valence-corrected chi connectivity index (χ0v) is 16.3. The van der Waals surface area contributed by atoms with Gasteiger partial charge in [-0.05, 0) is 67.7 Å². The predicted molar refractivity (Wildman–Crippen MR) is 110 cm³/mol. The van der Waals surface area contributed by atoms with Crippen LogP contribution in [-0.4, -0.2) is 42.8 Å². The summed E-state index contributed by atoms with van der Waals surface area (Å²) >= 11 is 5.37. The Hall–Kier alpha value is -1.59. The van der Waals surface area contributed by atoms with Gasteiger partial charge < -0.3 is 20.3 Å². The molecule has 1 aliphatic rings. The first-order valence-corrected chi connectivity index (χ1v) is 9.58. The fourth-order valence-electron chi connectivity index (χ4n) is 3.44. The van der Waals surface area contributed by atoms with Crippen LogP contribution in [0.1, 0.15) is 26.7 Å². The number of benzene rings is 1. The molecule has 5 heteroatoms. The molecule has 0 aliphatic carbocycles. The molecule has 0 bridgehead atoms. The zero-order valence-electron chi connectivity index (χ0n) is 15.5. The van der Waals surface area contributed by atoms with Crippen molar-refractivity contribution in [3.05, 3.63) is 36.9 Å². The highest BCUT2D eigenvalue weighted by Gasteiger charge is 2.20. The lowest BCUT2D eigenvalue weighted by atomic mass is 9.92.